The molecular formula is C13H15N3O2S. The molecule has 0 radical (unpaired) electrons. The van der Waals surface area contributed by atoms with E-state index in [9.17, 15) is 4.79 Å². The van der Waals surface area contributed by atoms with Crippen LogP contribution in [0.15, 0.2) is 23.8 Å². The Bertz CT molecular complexity index is 551. The number of esters is 1. The maximum atomic E-state index is 11.2. The number of aromatic nitrogens is 2. The van der Waals surface area contributed by atoms with E-state index in [0.29, 0.717) is 12.4 Å². The van der Waals surface area contributed by atoms with E-state index in [4.69, 9.17) is 0 Å². The third-order valence-corrected chi connectivity index (χ3v) is 3.66. The minimum Gasteiger partial charge on any atom is -0.464 e. The second-order valence-corrected chi connectivity index (χ2v) is 4.86. The van der Waals surface area contributed by atoms with Crippen LogP contribution in [0.4, 0.5) is 5.82 Å². The molecular weight excluding hydrogens is 262 g/mol. The minimum absolute atomic E-state index is 0.207. The monoisotopic (exact) mass is 277 g/mol. The number of thiophene rings is 1. The molecule has 0 aliphatic rings. The largest absolute Gasteiger partial charge is 0.464 e. The minimum atomic E-state index is -0.481. The number of hydrogen-bond donors (Lipinski definition) is 1. The molecule has 0 aliphatic carbocycles. The molecule has 100 valence electrons. The van der Waals surface area contributed by atoms with Crippen LogP contribution in [-0.2, 0) is 17.7 Å². The second-order valence-electron chi connectivity index (χ2n) is 3.85. The van der Waals surface area contributed by atoms with E-state index in [0.717, 1.165) is 6.42 Å². The Labute approximate surface area is 115 Å². The molecule has 0 unspecified atom stereocenters. The molecule has 2 aromatic rings. The number of anilines is 1. The van der Waals surface area contributed by atoms with E-state index >= 15 is 0 Å². The maximum Gasteiger partial charge on any atom is 0.358 e. The van der Waals surface area contributed by atoms with Crippen molar-refractivity contribution in [2.24, 2.45) is 0 Å². The van der Waals surface area contributed by atoms with E-state index < -0.39 is 5.97 Å². The lowest BCUT2D eigenvalue weighted by Crippen LogP contribution is -2.07. The number of methoxy groups -OCH3 is 1. The number of carbonyl (C=O) groups is 1. The molecule has 0 aromatic carbocycles. The van der Waals surface area contributed by atoms with Crippen molar-refractivity contribution in [3.05, 3.63) is 40.0 Å². The summed E-state index contributed by atoms with van der Waals surface area (Å²) in [5, 5.41) is 5.28. The molecule has 0 saturated carbocycles. The lowest BCUT2D eigenvalue weighted by Gasteiger charge is -2.05. The molecule has 0 spiro atoms. The Morgan fingerprint density at radius 2 is 2.26 bits per heavy atom. The second kappa shape index (κ2) is 6.29. The van der Waals surface area contributed by atoms with Crippen molar-refractivity contribution >= 4 is 23.1 Å². The van der Waals surface area contributed by atoms with Crippen molar-refractivity contribution in [1.82, 2.24) is 9.97 Å². The highest BCUT2D eigenvalue weighted by Gasteiger charge is 2.07. The van der Waals surface area contributed by atoms with Crippen molar-refractivity contribution in [1.29, 1.82) is 0 Å². The highest BCUT2D eigenvalue weighted by atomic mass is 32.1. The molecule has 0 amide bonds. The summed E-state index contributed by atoms with van der Waals surface area (Å²) < 4.78 is 4.57. The summed E-state index contributed by atoms with van der Waals surface area (Å²) in [6, 6.07) is 2.13. The molecule has 1 N–H and O–H groups in total. The normalized spacial score (nSPS) is 10.2. The highest BCUT2D eigenvalue weighted by molar-refractivity contribution is 7.10. The van der Waals surface area contributed by atoms with Gasteiger partial charge in [0.25, 0.3) is 0 Å². The van der Waals surface area contributed by atoms with Crippen LogP contribution in [0, 0.1) is 0 Å². The van der Waals surface area contributed by atoms with Gasteiger partial charge in [0.2, 0.25) is 0 Å². The summed E-state index contributed by atoms with van der Waals surface area (Å²) in [5.41, 5.74) is 1.55. The third kappa shape index (κ3) is 3.29. The van der Waals surface area contributed by atoms with E-state index in [1.165, 1.54) is 29.9 Å². The van der Waals surface area contributed by atoms with Crippen molar-refractivity contribution in [2.75, 3.05) is 12.4 Å². The number of nitrogens with one attached hydrogen (secondary N) is 1. The number of ether oxygens (including phenoxy) is 1. The first-order valence-electron chi connectivity index (χ1n) is 5.94. The molecule has 2 rings (SSSR count). The van der Waals surface area contributed by atoms with Crippen LogP contribution in [0.3, 0.4) is 0 Å². The van der Waals surface area contributed by atoms with Gasteiger partial charge in [-0.15, -0.1) is 11.3 Å². The topological polar surface area (TPSA) is 64.1 Å². The molecule has 2 heterocycles. The third-order valence-electron chi connectivity index (χ3n) is 2.70. The Balaban J connectivity index is 1.98. The lowest BCUT2D eigenvalue weighted by atomic mass is 10.2. The number of hydrogen-bond acceptors (Lipinski definition) is 6. The fraction of sp³-hybridized carbons (Fsp3) is 0.308. The van der Waals surface area contributed by atoms with Crippen LogP contribution in [-0.4, -0.2) is 23.0 Å². The van der Waals surface area contributed by atoms with Gasteiger partial charge in [-0.3, -0.25) is 0 Å². The van der Waals surface area contributed by atoms with Crippen LogP contribution in [0.1, 0.15) is 27.9 Å². The van der Waals surface area contributed by atoms with Gasteiger partial charge in [0, 0.05) is 4.88 Å². The number of nitrogens with zero attached hydrogens (tertiary/aromatic N) is 2. The van der Waals surface area contributed by atoms with Crippen LogP contribution in [0.2, 0.25) is 0 Å². The Kier molecular flexibility index (Phi) is 4.46. The van der Waals surface area contributed by atoms with Crippen molar-refractivity contribution in [3.63, 3.8) is 0 Å². The quantitative estimate of drug-likeness (QED) is 0.851. The van der Waals surface area contributed by atoms with Gasteiger partial charge in [-0.05, 0) is 23.4 Å². The van der Waals surface area contributed by atoms with E-state index in [2.05, 4.69) is 38.4 Å². The number of aryl methyl sites for hydroxylation is 1. The molecule has 0 saturated heterocycles. The Hall–Kier alpha value is -1.95. The van der Waals surface area contributed by atoms with Crippen molar-refractivity contribution in [2.45, 2.75) is 19.9 Å². The summed E-state index contributed by atoms with van der Waals surface area (Å²) in [4.78, 5) is 20.6. The van der Waals surface area contributed by atoms with Crippen molar-refractivity contribution < 1.29 is 9.53 Å². The van der Waals surface area contributed by atoms with E-state index in [-0.39, 0.29) is 5.69 Å². The van der Waals surface area contributed by atoms with Gasteiger partial charge >= 0.3 is 5.97 Å². The lowest BCUT2D eigenvalue weighted by molar-refractivity contribution is 0.0593. The zero-order valence-electron chi connectivity index (χ0n) is 10.8. The molecule has 19 heavy (non-hydrogen) atoms. The molecule has 0 atom stereocenters. The smallest absolute Gasteiger partial charge is 0.358 e. The summed E-state index contributed by atoms with van der Waals surface area (Å²) in [7, 11) is 1.32. The van der Waals surface area contributed by atoms with Crippen LogP contribution in [0.5, 0.6) is 0 Å². The predicted molar refractivity (Wildman–Crippen MR) is 74.4 cm³/mol. The molecule has 0 bridgehead atoms. The summed E-state index contributed by atoms with van der Waals surface area (Å²) >= 11 is 1.72. The summed E-state index contributed by atoms with van der Waals surface area (Å²) in [6.07, 6.45) is 3.96. The fourth-order valence-electron chi connectivity index (χ4n) is 1.64. The van der Waals surface area contributed by atoms with Gasteiger partial charge in [0.15, 0.2) is 5.69 Å². The number of rotatable bonds is 5. The van der Waals surface area contributed by atoms with E-state index in [1.807, 2.05) is 0 Å². The summed E-state index contributed by atoms with van der Waals surface area (Å²) in [5.74, 6) is 0.161. The maximum absolute atomic E-state index is 11.2. The van der Waals surface area contributed by atoms with Gasteiger partial charge in [-0.2, -0.15) is 0 Å². The van der Waals surface area contributed by atoms with Gasteiger partial charge < -0.3 is 10.1 Å². The standard InChI is InChI=1S/C13H15N3O2S/c1-3-9-4-5-19-11(9)7-16-12-8-14-10(6-15-12)13(17)18-2/h4-6,8H,3,7H2,1-2H3,(H,15,16). The average molecular weight is 277 g/mol. The first-order chi connectivity index (χ1) is 9.24. The fourth-order valence-corrected chi connectivity index (χ4v) is 2.55. The van der Waals surface area contributed by atoms with Crippen LogP contribution >= 0.6 is 11.3 Å². The number of carbonyl (C=O) groups excluding carboxylic acids is 1. The first-order valence-corrected chi connectivity index (χ1v) is 6.82. The van der Waals surface area contributed by atoms with Gasteiger partial charge in [0.1, 0.15) is 5.82 Å². The zero-order valence-corrected chi connectivity index (χ0v) is 11.7. The van der Waals surface area contributed by atoms with Gasteiger partial charge in [-0.25, -0.2) is 14.8 Å². The molecule has 0 aliphatic heterocycles. The Morgan fingerprint density at radius 1 is 1.42 bits per heavy atom. The SMILES string of the molecule is CCc1ccsc1CNc1cnc(C(=O)OC)cn1. The van der Waals surface area contributed by atoms with Crippen LogP contribution in [0.25, 0.3) is 0 Å². The first kappa shape index (κ1) is 13.5. The molecule has 5 nitrogen and oxygen atoms in total. The Morgan fingerprint density at radius 3 is 2.89 bits per heavy atom. The zero-order chi connectivity index (χ0) is 13.7. The molecule has 2 aromatic heterocycles. The summed E-state index contributed by atoms with van der Waals surface area (Å²) in [6.45, 7) is 2.85. The van der Waals surface area contributed by atoms with Crippen LogP contribution < -0.4 is 5.32 Å². The van der Waals surface area contributed by atoms with E-state index in [1.54, 1.807) is 11.3 Å². The predicted octanol–water partition coefficient (Wildman–Crippen LogP) is 2.50. The van der Waals surface area contributed by atoms with Crippen molar-refractivity contribution in [3.8, 4) is 0 Å². The molecule has 6 heteroatoms. The highest BCUT2D eigenvalue weighted by Crippen LogP contribution is 2.18. The van der Waals surface area contributed by atoms with Gasteiger partial charge in [-0.1, -0.05) is 6.92 Å². The molecule has 0 fully saturated rings. The average Bonchev–Trinajstić information content (AvgIpc) is 2.92. The van der Waals surface area contributed by atoms with Gasteiger partial charge in [0.05, 0.1) is 26.0 Å².